The van der Waals surface area contributed by atoms with Crippen molar-refractivity contribution >= 4 is 10.0 Å². The number of ether oxygens (including phenoxy) is 1. The third-order valence-corrected chi connectivity index (χ3v) is 6.06. The van der Waals surface area contributed by atoms with Crippen LogP contribution in [0, 0.1) is 0 Å². The molecule has 0 saturated carbocycles. The third kappa shape index (κ3) is 4.21. The second-order valence-corrected chi connectivity index (χ2v) is 7.52. The van der Waals surface area contributed by atoms with Crippen molar-refractivity contribution in [3.63, 3.8) is 0 Å². The van der Waals surface area contributed by atoms with E-state index in [1.54, 1.807) is 0 Å². The summed E-state index contributed by atoms with van der Waals surface area (Å²) in [6.45, 7) is 5.96. The van der Waals surface area contributed by atoms with E-state index in [0.29, 0.717) is 26.2 Å². The van der Waals surface area contributed by atoms with Gasteiger partial charge in [-0.2, -0.15) is 0 Å². The summed E-state index contributed by atoms with van der Waals surface area (Å²) in [6, 6.07) is 8.14. The number of hydrogen-bond acceptors (Lipinski definition) is 4. The van der Waals surface area contributed by atoms with E-state index in [9.17, 15) is 8.42 Å². The molecular formula is C16H26N2O3S. The van der Waals surface area contributed by atoms with Gasteiger partial charge in [0.15, 0.2) is 0 Å². The van der Waals surface area contributed by atoms with Gasteiger partial charge in [-0.3, -0.25) is 0 Å². The topological polar surface area (TPSA) is 58.6 Å². The smallest absolute Gasteiger partial charge is 0.215 e. The monoisotopic (exact) mass is 326 g/mol. The Balaban J connectivity index is 1.97. The Morgan fingerprint density at radius 3 is 2.73 bits per heavy atom. The van der Waals surface area contributed by atoms with Crippen LogP contribution < -0.4 is 10.1 Å². The highest BCUT2D eigenvalue weighted by atomic mass is 32.2. The first-order chi connectivity index (χ1) is 10.6. The van der Waals surface area contributed by atoms with E-state index in [1.165, 1.54) is 4.31 Å². The van der Waals surface area contributed by atoms with Gasteiger partial charge in [0, 0.05) is 31.2 Å². The van der Waals surface area contributed by atoms with Crippen molar-refractivity contribution in [1.29, 1.82) is 0 Å². The summed E-state index contributed by atoms with van der Waals surface area (Å²) in [5.74, 6) is 1.04. The summed E-state index contributed by atoms with van der Waals surface area (Å²) in [5.41, 5.74) is 1.13. The summed E-state index contributed by atoms with van der Waals surface area (Å²) in [5, 5.41) is 3.39. The summed E-state index contributed by atoms with van der Waals surface area (Å²) in [6.07, 6.45) is 1.93. The van der Waals surface area contributed by atoms with Crippen molar-refractivity contribution in [2.45, 2.75) is 32.7 Å². The normalized spacial score (nSPS) is 18.6. The zero-order valence-electron chi connectivity index (χ0n) is 13.4. The van der Waals surface area contributed by atoms with Gasteiger partial charge in [0.25, 0.3) is 0 Å². The highest BCUT2D eigenvalue weighted by molar-refractivity contribution is 7.89. The molecule has 1 N–H and O–H groups in total. The fraction of sp³-hybridized carbons (Fsp3) is 0.625. The number of para-hydroxylation sites is 1. The van der Waals surface area contributed by atoms with Crippen molar-refractivity contribution in [2.24, 2.45) is 0 Å². The lowest BCUT2D eigenvalue weighted by Crippen LogP contribution is -2.36. The van der Waals surface area contributed by atoms with Gasteiger partial charge in [0.2, 0.25) is 10.0 Å². The Morgan fingerprint density at radius 2 is 2.00 bits per heavy atom. The van der Waals surface area contributed by atoms with Gasteiger partial charge < -0.3 is 10.1 Å². The highest BCUT2D eigenvalue weighted by Crippen LogP contribution is 2.30. The number of fused-ring (bicyclic) bond motifs is 1. The van der Waals surface area contributed by atoms with E-state index in [4.69, 9.17) is 4.74 Å². The Kier molecular flexibility index (Phi) is 6.23. The van der Waals surface area contributed by atoms with E-state index < -0.39 is 10.0 Å². The number of benzene rings is 1. The van der Waals surface area contributed by atoms with Gasteiger partial charge >= 0.3 is 0 Å². The van der Waals surface area contributed by atoms with E-state index in [2.05, 4.69) is 11.4 Å². The van der Waals surface area contributed by atoms with Crippen molar-refractivity contribution in [3.8, 4) is 5.75 Å². The Bertz CT molecular complexity index is 571. The second-order valence-electron chi connectivity index (χ2n) is 5.44. The lowest BCUT2D eigenvalue weighted by Gasteiger charge is -2.21. The molecule has 0 amide bonds. The zero-order valence-corrected chi connectivity index (χ0v) is 14.2. The minimum atomic E-state index is -3.17. The van der Waals surface area contributed by atoms with Crippen molar-refractivity contribution < 1.29 is 13.2 Å². The van der Waals surface area contributed by atoms with Crippen LogP contribution in [0.2, 0.25) is 0 Å². The lowest BCUT2D eigenvalue weighted by molar-refractivity contribution is 0.315. The van der Waals surface area contributed by atoms with Gasteiger partial charge in [0.1, 0.15) is 5.75 Å². The summed E-state index contributed by atoms with van der Waals surface area (Å²) in [7, 11) is -3.17. The zero-order chi connectivity index (χ0) is 16.0. The van der Waals surface area contributed by atoms with Gasteiger partial charge in [-0.05, 0) is 18.9 Å². The van der Waals surface area contributed by atoms with Crippen molar-refractivity contribution in [3.05, 3.63) is 29.8 Å². The number of hydrogen-bond donors (Lipinski definition) is 1. The molecule has 0 fully saturated rings. The molecule has 1 atom stereocenters. The molecule has 2 rings (SSSR count). The minimum absolute atomic E-state index is 0.133. The third-order valence-electron chi connectivity index (χ3n) is 4.04. The van der Waals surface area contributed by atoms with E-state index in [0.717, 1.165) is 24.2 Å². The average molecular weight is 326 g/mol. The summed E-state index contributed by atoms with van der Waals surface area (Å²) in [4.78, 5) is 0. The number of rotatable bonds is 7. The molecule has 0 bridgehead atoms. The van der Waals surface area contributed by atoms with E-state index in [-0.39, 0.29) is 11.8 Å². The fourth-order valence-corrected chi connectivity index (χ4v) is 4.27. The Morgan fingerprint density at radius 1 is 1.27 bits per heavy atom. The Hall–Kier alpha value is -1.11. The fourth-order valence-electron chi connectivity index (χ4n) is 2.85. The van der Waals surface area contributed by atoms with Gasteiger partial charge in [-0.15, -0.1) is 0 Å². The maximum atomic E-state index is 12.2. The molecule has 1 aromatic carbocycles. The maximum Gasteiger partial charge on any atom is 0.215 e. The molecule has 0 saturated heterocycles. The van der Waals surface area contributed by atoms with Crippen LogP contribution in [0.5, 0.6) is 5.75 Å². The van der Waals surface area contributed by atoms with Gasteiger partial charge in [0.05, 0.1) is 12.4 Å². The van der Waals surface area contributed by atoms with Crippen LogP contribution in [0.4, 0.5) is 0 Å². The predicted molar refractivity (Wildman–Crippen MR) is 88.6 cm³/mol. The van der Waals surface area contributed by atoms with Crippen LogP contribution in [-0.2, 0) is 10.0 Å². The van der Waals surface area contributed by atoms with Gasteiger partial charge in [-0.1, -0.05) is 32.0 Å². The van der Waals surface area contributed by atoms with Crippen molar-refractivity contribution in [2.75, 3.05) is 32.0 Å². The molecule has 1 aliphatic rings. The van der Waals surface area contributed by atoms with Gasteiger partial charge in [-0.25, -0.2) is 12.7 Å². The maximum absolute atomic E-state index is 12.2. The molecule has 124 valence electrons. The molecule has 0 unspecified atom stereocenters. The first-order valence-electron chi connectivity index (χ1n) is 8.01. The number of nitrogens with zero attached hydrogens (tertiary/aromatic N) is 1. The summed E-state index contributed by atoms with van der Waals surface area (Å²) >= 11 is 0. The average Bonchev–Trinajstić information content (AvgIpc) is 2.71. The molecule has 6 heteroatoms. The molecule has 0 spiro atoms. The molecular weight excluding hydrogens is 300 g/mol. The first kappa shape index (κ1) is 17.2. The van der Waals surface area contributed by atoms with E-state index >= 15 is 0 Å². The largest absolute Gasteiger partial charge is 0.493 e. The molecule has 0 radical (unpaired) electrons. The second kappa shape index (κ2) is 7.94. The van der Waals surface area contributed by atoms with Crippen LogP contribution in [-0.4, -0.2) is 44.7 Å². The standard InChI is InChI=1S/C16H26N2O3S/c1-3-18(4-2)22(19,20)13-11-17-15-9-7-12-21-16-10-6-5-8-14(15)16/h5-6,8,10,15,17H,3-4,7,9,11-13H2,1-2H3/t15-/m0/s1. The van der Waals surface area contributed by atoms with Crippen LogP contribution in [0.15, 0.2) is 24.3 Å². The number of sulfonamides is 1. The first-order valence-corrected chi connectivity index (χ1v) is 9.62. The molecule has 1 aliphatic heterocycles. The molecule has 5 nitrogen and oxygen atoms in total. The van der Waals surface area contributed by atoms with Crippen molar-refractivity contribution in [1.82, 2.24) is 9.62 Å². The van der Waals surface area contributed by atoms with Crippen LogP contribution in [0.1, 0.15) is 38.3 Å². The summed E-state index contributed by atoms with van der Waals surface area (Å²) < 4.78 is 31.7. The van der Waals surface area contributed by atoms with E-state index in [1.807, 2.05) is 32.0 Å². The van der Waals surface area contributed by atoms with Crippen LogP contribution >= 0.6 is 0 Å². The lowest BCUT2D eigenvalue weighted by atomic mass is 10.0. The molecule has 0 aliphatic carbocycles. The van der Waals surface area contributed by atoms with Crippen LogP contribution in [0.25, 0.3) is 0 Å². The molecule has 0 aromatic heterocycles. The highest BCUT2D eigenvalue weighted by Gasteiger charge is 2.21. The predicted octanol–water partition coefficient (Wildman–Crippen LogP) is 2.16. The quantitative estimate of drug-likeness (QED) is 0.834. The number of nitrogens with one attached hydrogen (secondary N) is 1. The molecule has 1 heterocycles. The SMILES string of the molecule is CCN(CC)S(=O)(=O)CCN[C@H]1CCCOc2ccccc21. The minimum Gasteiger partial charge on any atom is -0.493 e. The molecule has 1 aromatic rings. The molecule has 22 heavy (non-hydrogen) atoms. The Labute approximate surface area is 133 Å². The van der Waals surface area contributed by atoms with Crippen LogP contribution in [0.3, 0.4) is 0 Å².